The van der Waals surface area contributed by atoms with E-state index in [4.69, 9.17) is 4.74 Å². The van der Waals surface area contributed by atoms with Crippen molar-refractivity contribution < 1.29 is 4.74 Å². The zero-order valence-electron chi connectivity index (χ0n) is 9.08. The number of anilines is 1. The molecule has 15 heavy (non-hydrogen) atoms. The van der Waals surface area contributed by atoms with Crippen molar-refractivity contribution in [1.29, 1.82) is 0 Å². The molecule has 1 aromatic heterocycles. The van der Waals surface area contributed by atoms with Crippen molar-refractivity contribution in [3.8, 4) is 0 Å². The highest BCUT2D eigenvalue weighted by molar-refractivity contribution is 5.31. The largest absolute Gasteiger partial charge is 0.380 e. The van der Waals surface area contributed by atoms with E-state index in [1.54, 1.807) is 19.5 Å². The van der Waals surface area contributed by atoms with Crippen LogP contribution in [0.1, 0.15) is 12.5 Å². The molecular formula is C10H16N4O. The molecule has 1 aromatic rings. The second-order valence-electron chi connectivity index (χ2n) is 4.14. The standard InChI is InChI=1S/C10H16N4O/c1-10(6-11-7-10)14-9-12-3-8(4-13-9)5-15-2/h3-4,11H,5-7H2,1-2H3,(H,12,13,14). The topological polar surface area (TPSA) is 59.1 Å². The normalized spacial score (nSPS) is 18.3. The molecule has 2 N–H and O–H groups in total. The van der Waals surface area contributed by atoms with Crippen molar-refractivity contribution in [3.63, 3.8) is 0 Å². The maximum Gasteiger partial charge on any atom is 0.223 e. The van der Waals surface area contributed by atoms with E-state index in [1.165, 1.54) is 0 Å². The van der Waals surface area contributed by atoms with Crippen molar-refractivity contribution in [2.24, 2.45) is 0 Å². The Morgan fingerprint density at radius 1 is 1.47 bits per heavy atom. The van der Waals surface area contributed by atoms with Crippen LogP contribution in [-0.4, -0.2) is 35.7 Å². The minimum Gasteiger partial charge on any atom is -0.380 e. The van der Waals surface area contributed by atoms with Crippen LogP contribution in [-0.2, 0) is 11.3 Å². The predicted molar refractivity (Wildman–Crippen MR) is 57.6 cm³/mol. The van der Waals surface area contributed by atoms with E-state index >= 15 is 0 Å². The smallest absolute Gasteiger partial charge is 0.223 e. The van der Waals surface area contributed by atoms with Crippen LogP contribution in [0.15, 0.2) is 12.4 Å². The summed E-state index contributed by atoms with van der Waals surface area (Å²) in [6.45, 7) is 4.61. The van der Waals surface area contributed by atoms with Gasteiger partial charge >= 0.3 is 0 Å². The first-order valence-electron chi connectivity index (χ1n) is 5.01. The van der Waals surface area contributed by atoms with Gasteiger partial charge < -0.3 is 15.4 Å². The number of hydrogen-bond donors (Lipinski definition) is 2. The quantitative estimate of drug-likeness (QED) is 0.750. The lowest BCUT2D eigenvalue weighted by Crippen LogP contribution is -2.62. The van der Waals surface area contributed by atoms with Gasteiger partial charge in [-0.3, -0.25) is 0 Å². The van der Waals surface area contributed by atoms with Crippen molar-refractivity contribution in [1.82, 2.24) is 15.3 Å². The van der Waals surface area contributed by atoms with Gasteiger partial charge in [-0.25, -0.2) is 9.97 Å². The molecule has 1 aliphatic heterocycles. The average Bonchev–Trinajstić information content (AvgIpc) is 2.19. The van der Waals surface area contributed by atoms with Gasteiger partial charge in [-0.05, 0) is 6.92 Å². The second kappa shape index (κ2) is 4.12. The molecule has 0 aromatic carbocycles. The molecule has 0 unspecified atom stereocenters. The van der Waals surface area contributed by atoms with E-state index in [-0.39, 0.29) is 5.54 Å². The maximum atomic E-state index is 4.99. The molecule has 82 valence electrons. The van der Waals surface area contributed by atoms with Gasteiger partial charge in [-0.1, -0.05) is 0 Å². The van der Waals surface area contributed by atoms with E-state index in [9.17, 15) is 0 Å². The van der Waals surface area contributed by atoms with Crippen LogP contribution < -0.4 is 10.6 Å². The fourth-order valence-electron chi connectivity index (χ4n) is 1.52. The third-order valence-corrected chi connectivity index (χ3v) is 2.46. The lowest BCUT2D eigenvalue weighted by Gasteiger charge is -2.39. The van der Waals surface area contributed by atoms with E-state index < -0.39 is 0 Å². The maximum absolute atomic E-state index is 4.99. The van der Waals surface area contributed by atoms with Crippen LogP contribution >= 0.6 is 0 Å². The Labute approximate surface area is 89.3 Å². The number of rotatable bonds is 4. The lowest BCUT2D eigenvalue weighted by molar-refractivity contribution is 0.184. The minimum atomic E-state index is 0.1000. The Morgan fingerprint density at radius 2 is 2.13 bits per heavy atom. The lowest BCUT2D eigenvalue weighted by atomic mass is 9.96. The van der Waals surface area contributed by atoms with E-state index in [1.807, 2.05) is 0 Å². The molecule has 0 saturated carbocycles. The van der Waals surface area contributed by atoms with Gasteiger partial charge in [0.25, 0.3) is 0 Å². The molecule has 0 atom stereocenters. The summed E-state index contributed by atoms with van der Waals surface area (Å²) in [4.78, 5) is 8.47. The molecular weight excluding hydrogens is 192 g/mol. The summed E-state index contributed by atoms with van der Waals surface area (Å²) in [5, 5.41) is 6.51. The first kappa shape index (κ1) is 10.3. The monoisotopic (exact) mass is 208 g/mol. The van der Waals surface area contributed by atoms with Gasteiger partial charge in [0.1, 0.15) is 0 Å². The molecule has 0 aliphatic carbocycles. The first-order valence-corrected chi connectivity index (χ1v) is 5.01. The summed E-state index contributed by atoms with van der Waals surface area (Å²) in [7, 11) is 1.66. The van der Waals surface area contributed by atoms with Crippen LogP contribution in [0.5, 0.6) is 0 Å². The minimum absolute atomic E-state index is 0.1000. The highest BCUT2D eigenvalue weighted by atomic mass is 16.5. The Bertz CT molecular complexity index is 321. The molecule has 0 bridgehead atoms. The number of aromatic nitrogens is 2. The summed E-state index contributed by atoms with van der Waals surface area (Å²) in [6, 6.07) is 0. The number of methoxy groups -OCH3 is 1. The zero-order valence-corrected chi connectivity index (χ0v) is 9.08. The van der Waals surface area contributed by atoms with E-state index in [0.717, 1.165) is 18.7 Å². The number of nitrogens with zero attached hydrogens (tertiary/aromatic N) is 2. The van der Waals surface area contributed by atoms with Crippen molar-refractivity contribution in [2.45, 2.75) is 19.1 Å². The van der Waals surface area contributed by atoms with Crippen molar-refractivity contribution in [2.75, 3.05) is 25.5 Å². The third-order valence-electron chi connectivity index (χ3n) is 2.46. The second-order valence-corrected chi connectivity index (χ2v) is 4.14. The summed E-state index contributed by atoms with van der Waals surface area (Å²) >= 11 is 0. The summed E-state index contributed by atoms with van der Waals surface area (Å²) < 4.78 is 4.99. The molecule has 1 saturated heterocycles. The van der Waals surface area contributed by atoms with Crippen LogP contribution in [0, 0.1) is 0 Å². The summed E-state index contributed by atoms with van der Waals surface area (Å²) in [6.07, 6.45) is 3.57. The Morgan fingerprint density at radius 3 is 2.60 bits per heavy atom. The Hall–Kier alpha value is -1.20. The highest BCUT2D eigenvalue weighted by Crippen LogP contribution is 2.15. The first-order chi connectivity index (χ1) is 7.22. The molecule has 0 amide bonds. The SMILES string of the molecule is COCc1cnc(NC2(C)CNC2)nc1. The number of nitrogens with one attached hydrogen (secondary N) is 2. The van der Waals surface area contributed by atoms with Gasteiger partial charge in [-0.2, -0.15) is 0 Å². The van der Waals surface area contributed by atoms with Gasteiger partial charge in [-0.15, -0.1) is 0 Å². The van der Waals surface area contributed by atoms with Crippen LogP contribution in [0.25, 0.3) is 0 Å². The van der Waals surface area contributed by atoms with Gasteiger partial charge in [0.2, 0.25) is 5.95 Å². The van der Waals surface area contributed by atoms with E-state index in [2.05, 4.69) is 27.5 Å². The molecule has 0 radical (unpaired) electrons. The Balaban J connectivity index is 1.97. The zero-order chi connectivity index (χ0) is 10.7. The van der Waals surface area contributed by atoms with Crippen LogP contribution in [0.2, 0.25) is 0 Å². The molecule has 2 rings (SSSR count). The summed E-state index contributed by atoms with van der Waals surface area (Å²) in [5.74, 6) is 0.679. The van der Waals surface area contributed by atoms with E-state index in [0.29, 0.717) is 12.6 Å². The predicted octanol–water partition coefficient (Wildman–Crippen LogP) is 0.397. The van der Waals surface area contributed by atoms with Crippen molar-refractivity contribution >= 4 is 5.95 Å². The molecule has 0 spiro atoms. The average molecular weight is 208 g/mol. The molecule has 2 heterocycles. The molecule has 1 fully saturated rings. The van der Waals surface area contributed by atoms with Gasteiger partial charge in [0, 0.05) is 38.2 Å². The fourth-order valence-corrected chi connectivity index (χ4v) is 1.52. The number of hydrogen-bond acceptors (Lipinski definition) is 5. The van der Waals surface area contributed by atoms with Crippen LogP contribution in [0.4, 0.5) is 5.95 Å². The fraction of sp³-hybridized carbons (Fsp3) is 0.600. The van der Waals surface area contributed by atoms with Crippen LogP contribution in [0.3, 0.4) is 0 Å². The Kier molecular flexibility index (Phi) is 2.83. The van der Waals surface area contributed by atoms with Gasteiger partial charge in [0.15, 0.2) is 0 Å². The third kappa shape index (κ3) is 2.43. The molecule has 5 nitrogen and oxygen atoms in total. The molecule has 5 heteroatoms. The molecule has 1 aliphatic rings. The number of ether oxygens (including phenoxy) is 1. The van der Waals surface area contributed by atoms with Crippen molar-refractivity contribution in [3.05, 3.63) is 18.0 Å². The van der Waals surface area contributed by atoms with Gasteiger partial charge in [0.05, 0.1) is 12.1 Å². The summed E-state index contributed by atoms with van der Waals surface area (Å²) in [5.41, 5.74) is 1.09. The highest BCUT2D eigenvalue weighted by Gasteiger charge is 2.31.